The molecule has 2 nitrogen and oxygen atoms in total. The Labute approximate surface area is 116 Å². The van der Waals surface area contributed by atoms with Crippen molar-refractivity contribution < 1.29 is 0 Å². The first-order valence-corrected chi connectivity index (χ1v) is 7.30. The number of hydrogen-bond acceptors (Lipinski definition) is 1. The largest absolute Gasteiger partial charge is 0.268 e. The third-order valence-electron chi connectivity index (χ3n) is 2.71. The molecule has 0 fully saturated rings. The van der Waals surface area contributed by atoms with E-state index in [1.54, 1.807) is 0 Å². The topological polar surface area (TPSA) is 17.8 Å². The van der Waals surface area contributed by atoms with Crippen LogP contribution in [-0.2, 0) is 19.4 Å². The van der Waals surface area contributed by atoms with Crippen LogP contribution in [0, 0.1) is 6.92 Å². The fourth-order valence-corrected chi connectivity index (χ4v) is 2.46. The smallest absolute Gasteiger partial charge is 0.0659 e. The highest BCUT2D eigenvalue weighted by Gasteiger charge is 2.06. The Bertz CT molecular complexity index is 462. The summed E-state index contributed by atoms with van der Waals surface area (Å²) in [5.74, 6) is 0. The van der Waals surface area contributed by atoms with Gasteiger partial charge in [0.1, 0.15) is 0 Å². The van der Waals surface area contributed by atoms with Crippen molar-refractivity contribution in [2.24, 2.45) is 0 Å². The van der Waals surface area contributed by atoms with Gasteiger partial charge in [-0.2, -0.15) is 5.10 Å². The zero-order valence-electron chi connectivity index (χ0n) is 9.77. The highest BCUT2D eigenvalue weighted by molar-refractivity contribution is 14.1. The molecular weight excluding hydrogens is 323 g/mol. The van der Waals surface area contributed by atoms with Gasteiger partial charge in [-0.3, -0.25) is 4.68 Å². The number of aromatic nitrogens is 2. The Morgan fingerprint density at radius 3 is 2.65 bits per heavy atom. The molecule has 0 N–H and O–H groups in total. The molecule has 0 unspecified atom stereocenters. The summed E-state index contributed by atoms with van der Waals surface area (Å²) < 4.78 is 3.15. The predicted octanol–water partition coefficient (Wildman–Crippen LogP) is 3.29. The molecule has 0 aliphatic carbocycles. The number of hydrogen-bond donors (Lipinski definition) is 0. The second-order valence-corrected chi connectivity index (χ2v) is 5.05. The van der Waals surface area contributed by atoms with Gasteiger partial charge in [-0.25, -0.2) is 0 Å². The quantitative estimate of drug-likeness (QED) is 0.604. The maximum Gasteiger partial charge on any atom is 0.0659 e. The molecule has 2 rings (SSSR count). The lowest BCUT2D eigenvalue weighted by Crippen LogP contribution is -2.00. The van der Waals surface area contributed by atoms with Crippen LogP contribution >= 0.6 is 22.6 Å². The van der Waals surface area contributed by atoms with Crippen molar-refractivity contribution in [2.75, 3.05) is 4.43 Å². The monoisotopic (exact) mass is 339 g/mol. The van der Waals surface area contributed by atoms with Crippen LogP contribution in [0.1, 0.15) is 16.8 Å². The lowest BCUT2D eigenvalue weighted by atomic mass is 10.2. The average Bonchev–Trinajstić information content (AvgIpc) is 2.73. The molecule has 0 saturated carbocycles. The SMILES string of the molecule is [CH2]Cc1nn(Cc2ccccc2)cc1CCI. The lowest BCUT2D eigenvalue weighted by molar-refractivity contribution is 0.676. The van der Waals surface area contributed by atoms with Crippen molar-refractivity contribution in [2.45, 2.75) is 19.4 Å². The van der Waals surface area contributed by atoms with Gasteiger partial charge in [0.15, 0.2) is 0 Å². The number of halogens is 1. The molecule has 1 radical (unpaired) electrons. The molecule has 2 aromatic rings. The van der Waals surface area contributed by atoms with E-state index in [1.807, 2.05) is 10.7 Å². The van der Waals surface area contributed by atoms with Gasteiger partial charge in [-0.15, -0.1) is 0 Å². The fraction of sp³-hybridized carbons (Fsp3) is 0.286. The highest BCUT2D eigenvalue weighted by atomic mass is 127. The molecule has 0 spiro atoms. The number of rotatable bonds is 5. The van der Waals surface area contributed by atoms with Gasteiger partial charge < -0.3 is 0 Å². The zero-order chi connectivity index (χ0) is 12.1. The van der Waals surface area contributed by atoms with Crippen LogP contribution in [0.15, 0.2) is 36.5 Å². The molecule has 0 amide bonds. The second kappa shape index (κ2) is 6.19. The first kappa shape index (κ1) is 12.6. The standard InChI is InChI=1S/C14H16IN2/c1-2-14-13(8-9-15)11-17(16-14)10-12-6-4-3-5-7-12/h3-7,11H,1-2,8-10H2. The van der Waals surface area contributed by atoms with Crippen molar-refractivity contribution in [3.63, 3.8) is 0 Å². The van der Waals surface area contributed by atoms with Crippen molar-refractivity contribution in [3.8, 4) is 0 Å². The molecule has 0 atom stereocenters. The minimum Gasteiger partial charge on any atom is -0.268 e. The summed E-state index contributed by atoms with van der Waals surface area (Å²) >= 11 is 2.40. The van der Waals surface area contributed by atoms with Crippen LogP contribution in [-0.4, -0.2) is 14.2 Å². The van der Waals surface area contributed by atoms with Crippen LogP contribution in [0.2, 0.25) is 0 Å². The lowest BCUT2D eigenvalue weighted by Gasteiger charge is -2.00. The molecule has 0 aliphatic rings. The summed E-state index contributed by atoms with van der Waals surface area (Å²) in [5.41, 5.74) is 3.76. The summed E-state index contributed by atoms with van der Waals surface area (Å²) in [6.07, 6.45) is 4.01. The van der Waals surface area contributed by atoms with Crippen molar-refractivity contribution in [1.82, 2.24) is 9.78 Å². The molecule has 1 aromatic heterocycles. The number of nitrogens with zero attached hydrogens (tertiary/aromatic N) is 2. The van der Waals surface area contributed by atoms with E-state index < -0.39 is 0 Å². The molecule has 0 aliphatic heterocycles. The van der Waals surface area contributed by atoms with Crippen LogP contribution in [0.4, 0.5) is 0 Å². The average molecular weight is 339 g/mol. The molecule has 89 valence electrons. The Morgan fingerprint density at radius 1 is 1.24 bits per heavy atom. The maximum atomic E-state index is 4.59. The van der Waals surface area contributed by atoms with Gasteiger partial charge in [-0.05, 0) is 30.9 Å². The van der Waals surface area contributed by atoms with Gasteiger partial charge in [0, 0.05) is 10.6 Å². The Kier molecular flexibility index (Phi) is 4.59. The maximum absolute atomic E-state index is 4.59. The van der Waals surface area contributed by atoms with Crippen LogP contribution < -0.4 is 0 Å². The molecule has 0 bridgehead atoms. The van der Waals surface area contributed by atoms with Crippen LogP contribution in [0.5, 0.6) is 0 Å². The van der Waals surface area contributed by atoms with Crippen molar-refractivity contribution in [1.29, 1.82) is 0 Å². The Morgan fingerprint density at radius 2 is 2.00 bits per heavy atom. The molecule has 3 heteroatoms. The van der Waals surface area contributed by atoms with Gasteiger partial charge in [0.2, 0.25) is 0 Å². The van der Waals surface area contributed by atoms with Gasteiger partial charge in [-0.1, -0.05) is 52.9 Å². The molecule has 17 heavy (non-hydrogen) atoms. The molecule has 1 aromatic carbocycles. The first-order valence-electron chi connectivity index (χ1n) is 5.78. The minimum atomic E-state index is 0.772. The second-order valence-electron chi connectivity index (χ2n) is 3.97. The molecule has 1 heterocycles. The van der Waals surface area contributed by atoms with E-state index in [4.69, 9.17) is 0 Å². The van der Waals surface area contributed by atoms with E-state index in [0.717, 1.165) is 29.5 Å². The van der Waals surface area contributed by atoms with E-state index in [9.17, 15) is 0 Å². The van der Waals surface area contributed by atoms with Gasteiger partial charge in [0.25, 0.3) is 0 Å². The molecule has 0 saturated heterocycles. The normalized spacial score (nSPS) is 10.7. The van der Waals surface area contributed by atoms with Gasteiger partial charge in [0.05, 0.1) is 12.2 Å². The van der Waals surface area contributed by atoms with Crippen LogP contribution in [0.3, 0.4) is 0 Å². The first-order chi connectivity index (χ1) is 8.33. The Hall–Kier alpha value is -0.840. The van der Waals surface area contributed by atoms with Crippen molar-refractivity contribution >= 4 is 22.6 Å². The summed E-state index contributed by atoms with van der Waals surface area (Å²) in [5, 5.41) is 4.59. The fourth-order valence-electron chi connectivity index (χ4n) is 1.88. The van der Waals surface area contributed by atoms with E-state index >= 15 is 0 Å². The van der Waals surface area contributed by atoms with Crippen LogP contribution in [0.25, 0.3) is 0 Å². The van der Waals surface area contributed by atoms with E-state index in [0.29, 0.717) is 0 Å². The van der Waals surface area contributed by atoms with Gasteiger partial charge >= 0.3 is 0 Å². The number of alkyl halides is 1. The summed E-state index contributed by atoms with van der Waals surface area (Å²) in [6.45, 7) is 4.78. The zero-order valence-corrected chi connectivity index (χ0v) is 11.9. The number of benzene rings is 1. The summed E-state index contributed by atoms with van der Waals surface area (Å²) in [7, 11) is 0. The highest BCUT2D eigenvalue weighted by Crippen LogP contribution is 2.11. The summed E-state index contributed by atoms with van der Waals surface area (Å²) in [4.78, 5) is 0. The minimum absolute atomic E-state index is 0.772. The third kappa shape index (κ3) is 3.31. The van der Waals surface area contributed by atoms with Crippen molar-refractivity contribution in [3.05, 3.63) is 60.3 Å². The number of aryl methyl sites for hydroxylation is 1. The van der Waals surface area contributed by atoms with E-state index in [1.165, 1.54) is 11.1 Å². The van der Waals surface area contributed by atoms with E-state index in [2.05, 4.69) is 65.1 Å². The molecular formula is C14H16IN2. The third-order valence-corrected chi connectivity index (χ3v) is 3.25. The van der Waals surface area contributed by atoms with E-state index in [-0.39, 0.29) is 0 Å². The Balaban J connectivity index is 2.16. The summed E-state index contributed by atoms with van der Waals surface area (Å²) in [6, 6.07) is 10.4. The predicted molar refractivity (Wildman–Crippen MR) is 79.4 cm³/mol.